The number of aromatic nitrogens is 1. The van der Waals surface area contributed by atoms with E-state index in [1.165, 1.54) is 22.5 Å². The van der Waals surface area contributed by atoms with Crippen molar-refractivity contribution in [1.82, 2.24) is 4.57 Å². The number of thiazole rings is 1. The molecule has 0 saturated heterocycles. The number of rotatable bonds is 4. The molecule has 0 N–H and O–H groups in total. The molecule has 0 radical (unpaired) electrons. The van der Waals surface area contributed by atoms with Crippen LogP contribution in [-0.4, -0.2) is 10.5 Å². The molecule has 4 heteroatoms. The highest BCUT2D eigenvalue weighted by Gasteiger charge is 2.10. The van der Waals surface area contributed by atoms with Crippen molar-refractivity contribution in [2.24, 2.45) is 4.99 Å². The minimum absolute atomic E-state index is 0.115. The number of benzene rings is 2. The zero-order chi connectivity index (χ0) is 17.8. The van der Waals surface area contributed by atoms with E-state index in [0.717, 1.165) is 15.8 Å². The van der Waals surface area contributed by atoms with E-state index in [-0.39, 0.29) is 5.91 Å². The minimum atomic E-state index is -0.115. The second kappa shape index (κ2) is 7.50. The lowest BCUT2D eigenvalue weighted by Crippen LogP contribution is -2.16. The first kappa shape index (κ1) is 17.2. The molecule has 25 heavy (non-hydrogen) atoms. The summed E-state index contributed by atoms with van der Waals surface area (Å²) in [5, 5.41) is 0. The highest BCUT2D eigenvalue weighted by Crippen LogP contribution is 2.23. The van der Waals surface area contributed by atoms with Gasteiger partial charge in [-0.15, -0.1) is 6.42 Å². The number of carbonyl (C=O) groups excluding carboxylic acids is 1. The number of hydrogen-bond donors (Lipinski definition) is 0. The summed E-state index contributed by atoms with van der Waals surface area (Å²) in [6, 6.07) is 14.2. The van der Waals surface area contributed by atoms with Crippen LogP contribution < -0.4 is 4.80 Å². The third-order valence-corrected chi connectivity index (χ3v) is 5.28. The number of hydrogen-bond acceptors (Lipinski definition) is 2. The molecule has 0 fully saturated rings. The summed E-state index contributed by atoms with van der Waals surface area (Å²) in [6.07, 6.45) is 6.62. The first-order valence-electron chi connectivity index (χ1n) is 8.24. The van der Waals surface area contributed by atoms with Gasteiger partial charge in [0, 0.05) is 6.42 Å². The molecular weight excluding hydrogens is 328 g/mol. The van der Waals surface area contributed by atoms with Gasteiger partial charge in [0.25, 0.3) is 0 Å². The van der Waals surface area contributed by atoms with E-state index < -0.39 is 0 Å². The third kappa shape index (κ3) is 3.89. The van der Waals surface area contributed by atoms with E-state index >= 15 is 0 Å². The van der Waals surface area contributed by atoms with Crippen molar-refractivity contribution in [3.63, 3.8) is 0 Å². The lowest BCUT2D eigenvalue weighted by molar-refractivity contribution is -0.118. The van der Waals surface area contributed by atoms with Crippen molar-refractivity contribution in [3.8, 4) is 12.3 Å². The van der Waals surface area contributed by atoms with E-state index in [1.54, 1.807) is 0 Å². The van der Waals surface area contributed by atoms with E-state index in [9.17, 15) is 4.79 Å². The van der Waals surface area contributed by atoms with E-state index in [0.29, 0.717) is 24.2 Å². The van der Waals surface area contributed by atoms with Gasteiger partial charge in [0.15, 0.2) is 4.80 Å². The molecule has 0 saturated carbocycles. The Bertz CT molecular complexity index is 1020. The predicted molar refractivity (Wildman–Crippen MR) is 103 cm³/mol. The molecule has 0 bridgehead atoms. The van der Waals surface area contributed by atoms with Crippen LogP contribution in [-0.2, 0) is 17.8 Å². The van der Waals surface area contributed by atoms with Crippen LogP contribution in [0.3, 0.4) is 0 Å². The summed E-state index contributed by atoms with van der Waals surface area (Å²) in [5.41, 5.74) is 4.56. The van der Waals surface area contributed by atoms with Crippen molar-refractivity contribution < 1.29 is 4.79 Å². The fourth-order valence-corrected chi connectivity index (χ4v) is 4.00. The molecule has 0 atom stereocenters. The van der Waals surface area contributed by atoms with E-state index in [2.05, 4.69) is 36.9 Å². The first-order valence-corrected chi connectivity index (χ1v) is 9.05. The molecule has 1 aromatic heterocycles. The van der Waals surface area contributed by atoms with Gasteiger partial charge in [0.2, 0.25) is 5.91 Å². The van der Waals surface area contributed by atoms with Gasteiger partial charge in [-0.05, 0) is 43.0 Å². The van der Waals surface area contributed by atoms with Crippen molar-refractivity contribution >= 4 is 27.5 Å². The molecule has 1 amide bonds. The molecule has 0 aliphatic rings. The van der Waals surface area contributed by atoms with Crippen molar-refractivity contribution in [3.05, 3.63) is 64.0 Å². The Kier molecular flexibility index (Phi) is 5.16. The molecule has 3 nitrogen and oxygen atoms in total. The molecule has 1 heterocycles. The predicted octanol–water partition coefficient (Wildman–Crippen LogP) is 4.01. The Balaban J connectivity index is 1.95. The largest absolute Gasteiger partial charge is 0.305 e. The van der Waals surface area contributed by atoms with Crippen LogP contribution in [0.1, 0.15) is 23.1 Å². The molecule has 0 unspecified atom stereocenters. The average Bonchev–Trinajstić information content (AvgIpc) is 2.92. The Morgan fingerprint density at radius 3 is 2.72 bits per heavy atom. The number of nitrogens with zero attached hydrogens (tertiary/aromatic N) is 2. The third-order valence-electron chi connectivity index (χ3n) is 4.05. The number of fused-ring (bicyclic) bond motifs is 1. The van der Waals surface area contributed by atoms with Crippen LogP contribution in [0, 0.1) is 26.2 Å². The fourth-order valence-electron chi connectivity index (χ4n) is 2.90. The zero-order valence-corrected chi connectivity index (χ0v) is 15.3. The zero-order valence-electron chi connectivity index (χ0n) is 14.5. The fraction of sp³-hybridized carbons (Fsp3) is 0.238. The van der Waals surface area contributed by atoms with Gasteiger partial charge in [-0.2, -0.15) is 4.99 Å². The van der Waals surface area contributed by atoms with E-state index in [1.807, 2.05) is 34.9 Å². The molecule has 0 spiro atoms. The maximum atomic E-state index is 12.3. The molecule has 3 aromatic rings. The summed E-state index contributed by atoms with van der Waals surface area (Å²) in [5.74, 6) is 2.56. The summed E-state index contributed by atoms with van der Waals surface area (Å²) >= 11 is 1.53. The molecule has 3 rings (SSSR count). The van der Waals surface area contributed by atoms with Gasteiger partial charge in [0.05, 0.1) is 16.8 Å². The standard InChI is InChI=1S/C21H20N2OS/c1-4-12-23-18-14-15(2)13-16(3)20(18)25-21(23)22-19(24)11-10-17-8-6-5-7-9-17/h1,5-9,13-14H,10-12H2,2-3H3. The van der Waals surface area contributed by atoms with Gasteiger partial charge < -0.3 is 4.57 Å². The summed E-state index contributed by atoms with van der Waals surface area (Å²) < 4.78 is 3.09. The maximum Gasteiger partial charge on any atom is 0.248 e. The van der Waals surface area contributed by atoms with Crippen LogP contribution in [0.15, 0.2) is 47.5 Å². The summed E-state index contributed by atoms with van der Waals surface area (Å²) in [6.45, 7) is 4.55. The Morgan fingerprint density at radius 2 is 2.00 bits per heavy atom. The number of carbonyl (C=O) groups is 1. The SMILES string of the molecule is C#CCn1c(=NC(=O)CCc2ccccc2)sc2c(C)cc(C)cc21. The topological polar surface area (TPSA) is 34.4 Å². The lowest BCUT2D eigenvalue weighted by atomic mass is 10.1. The molecular formula is C21H20N2OS. The average molecular weight is 348 g/mol. The number of amides is 1. The van der Waals surface area contributed by atoms with Crippen LogP contribution >= 0.6 is 11.3 Å². The summed E-state index contributed by atoms with van der Waals surface area (Å²) in [4.78, 5) is 17.4. The second-order valence-electron chi connectivity index (χ2n) is 6.10. The molecule has 126 valence electrons. The highest BCUT2D eigenvalue weighted by atomic mass is 32.1. The maximum absolute atomic E-state index is 12.3. The van der Waals surface area contributed by atoms with Gasteiger partial charge >= 0.3 is 0 Å². The van der Waals surface area contributed by atoms with Gasteiger partial charge in [-0.3, -0.25) is 4.79 Å². The normalized spacial score (nSPS) is 11.6. The Labute approximate surface area is 151 Å². The van der Waals surface area contributed by atoms with Crippen LogP contribution in [0.2, 0.25) is 0 Å². The molecule has 2 aromatic carbocycles. The van der Waals surface area contributed by atoms with Gasteiger partial charge in [-0.25, -0.2) is 0 Å². The molecule has 0 aliphatic carbocycles. The minimum Gasteiger partial charge on any atom is -0.305 e. The smallest absolute Gasteiger partial charge is 0.248 e. The van der Waals surface area contributed by atoms with Crippen molar-refractivity contribution in [1.29, 1.82) is 0 Å². The highest BCUT2D eigenvalue weighted by molar-refractivity contribution is 7.16. The van der Waals surface area contributed by atoms with Crippen LogP contribution in [0.5, 0.6) is 0 Å². The van der Waals surface area contributed by atoms with Crippen LogP contribution in [0.4, 0.5) is 0 Å². The number of terminal acetylenes is 1. The van der Waals surface area contributed by atoms with Crippen molar-refractivity contribution in [2.45, 2.75) is 33.2 Å². The summed E-state index contributed by atoms with van der Waals surface area (Å²) in [7, 11) is 0. The Hall–Kier alpha value is -2.64. The monoisotopic (exact) mass is 348 g/mol. The Morgan fingerprint density at radius 1 is 1.24 bits per heavy atom. The molecule has 0 aliphatic heterocycles. The van der Waals surface area contributed by atoms with Crippen molar-refractivity contribution in [2.75, 3.05) is 0 Å². The number of aryl methyl sites for hydroxylation is 3. The lowest BCUT2D eigenvalue weighted by Gasteiger charge is -2.02. The van der Waals surface area contributed by atoms with E-state index in [4.69, 9.17) is 6.42 Å². The van der Waals surface area contributed by atoms with Gasteiger partial charge in [-0.1, -0.05) is 53.7 Å². The van der Waals surface area contributed by atoms with Crippen LogP contribution in [0.25, 0.3) is 10.2 Å². The quantitative estimate of drug-likeness (QED) is 0.656. The first-order chi connectivity index (χ1) is 12.1. The van der Waals surface area contributed by atoms with Gasteiger partial charge in [0.1, 0.15) is 0 Å². The second-order valence-corrected chi connectivity index (χ2v) is 7.07.